The van der Waals surface area contributed by atoms with Crippen LogP contribution in [0.25, 0.3) is 0 Å². The summed E-state index contributed by atoms with van der Waals surface area (Å²) in [5.41, 5.74) is 1.69. The number of benzene rings is 2. The fraction of sp³-hybridized carbons (Fsp3) is 0.235. The molecule has 1 unspecified atom stereocenters. The van der Waals surface area contributed by atoms with Crippen LogP contribution >= 0.6 is 0 Å². The van der Waals surface area contributed by atoms with Crippen LogP contribution in [0.15, 0.2) is 54.6 Å². The van der Waals surface area contributed by atoms with E-state index >= 15 is 0 Å². The molecule has 3 nitrogen and oxygen atoms in total. The largest absolute Gasteiger partial charge is 0.387 e. The maximum absolute atomic E-state index is 12.7. The van der Waals surface area contributed by atoms with Crippen molar-refractivity contribution in [1.29, 1.82) is 0 Å². The number of halogens is 1. The van der Waals surface area contributed by atoms with Crippen molar-refractivity contribution in [2.45, 2.75) is 18.9 Å². The van der Waals surface area contributed by atoms with Gasteiger partial charge in [0.2, 0.25) is 5.91 Å². The van der Waals surface area contributed by atoms with Gasteiger partial charge in [-0.25, -0.2) is 4.39 Å². The van der Waals surface area contributed by atoms with Crippen molar-refractivity contribution >= 4 is 5.91 Å². The minimum atomic E-state index is -0.707. The van der Waals surface area contributed by atoms with Gasteiger partial charge in [-0.1, -0.05) is 42.5 Å². The first-order chi connectivity index (χ1) is 10.1. The van der Waals surface area contributed by atoms with Crippen LogP contribution in [0.5, 0.6) is 0 Å². The van der Waals surface area contributed by atoms with Crippen LogP contribution in [0.2, 0.25) is 0 Å². The number of carbonyl (C=O) groups is 1. The van der Waals surface area contributed by atoms with E-state index in [9.17, 15) is 14.3 Å². The molecule has 1 atom stereocenters. The molecule has 0 aromatic heterocycles. The second-order valence-electron chi connectivity index (χ2n) is 4.86. The SMILES string of the molecule is O=C(CCc1ccc(F)cc1)NCC(O)c1ccccc1. The summed E-state index contributed by atoms with van der Waals surface area (Å²) in [5, 5.41) is 12.6. The second kappa shape index (κ2) is 7.55. The Bertz CT molecular complexity index is 569. The number of hydrogen-bond donors (Lipinski definition) is 2. The molecule has 0 radical (unpaired) electrons. The zero-order chi connectivity index (χ0) is 15.1. The van der Waals surface area contributed by atoms with Crippen molar-refractivity contribution in [2.24, 2.45) is 0 Å². The normalized spacial score (nSPS) is 11.9. The van der Waals surface area contributed by atoms with E-state index in [1.807, 2.05) is 30.3 Å². The molecule has 2 N–H and O–H groups in total. The summed E-state index contributed by atoms with van der Waals surface area (Å²) in [6.45, 7) is 0.187. The fourth-order valence-corrected chi connectivity index (χ4v) is 2.00. The number of rotatable bonds is 6. The first-order valence-corrected chi connectivity index (χ1v) is 6.89. The summed E-state index contributed by atoms with van der Waals surface area (Å²) in [5.74, 6) is -0.413. The van der Waals surface area contributed by atoms with Crippen molar-refractivity contribution in [2.75, 3.05) is 6.54 Å². The number of hydrogen-bond acceptors (Lipinski definition) is 2. The Morgan fingerprint density at radius 2 is 1.76 bits per heavy atom. The van der Waals surface area contributed by atoms with E-state index < -0.39 is 6.10 Å². The molecule has 0 fully saturated rings. The predicted octanol–water partition coefficient (Wildman–Crippen LogP) is 2.61. The highest BCUT2D eigenvalue weighted by molar-refractivity contribution is 5.76. The van der Waals surface area contributed by atoms with E-state index in [-0.39, 0.29) is 18.3 Å². The molecule has 0 bridgehead atoms. The van der Waals surface area contributed by atoms with Gasteiger partial charge in [-0.2, -0.15) is 0 Å². The summed E-state index contributed by atoms with van der Waals surface area (Å²) >= 11 is 0. The lowest BCUT2D eigenvalue weighted by Crippen LogP contribution is -2.28. The van der Waals surface area contributed by atoms with Crippen LogP contribution in [0.4, 0.5) is 4.39 Å². The number of nitrogens with one attached hydrogen (secondary N) is 1. The third-order valence-corrected chi connectivity index (χ3v) is 3.23. The average molecular weight is 287 g/mol. The van der Waals surface area contributed by atoms with Gasteiger partial charge in [0.15, 0.2) is 0 Å². The molecule has 0 heterocycles. The molecule has 0 saturated carbocycles. The van der Waals surface area contributed by atoms with Gasteiger partial charge in [0.25, 0.3) is 0 Å². The van der Waals surface area contributed by atoms with Crippen LogP contribution in [0.1, 0.15) is 23.7 Å². The van der Waals surface area contributed by atoms with Crippen LogP contribution in [0, 0.1) is 5.82 Å². The fourth-order valence-electron chi connectivity index (χ4n) is 2.00. The van der Waals surface area contributed by atoms with E-state index in [2.05, 4.69) is 5.32 Å². The third kappa shape index (κ3) is 5.00. The lowest BCUT2D eigenvalue weighted by atomic mass is 10.1. The van der Waals surface area contributed by atoms with Gasteiger partial charge in [-0.15, -0.1) is 0 Å². The Morgan fingerprint density at radius 3 is 2.43 bits per heavy atom. The Morgan fingerprint density at radius 1 is 1.10 bits per heavy atom. The smallest absolute Gasteiger partial charge is 0.220 e. The minimum Gasteiger partial charge on any atom is -0.387 e. The highest BCUT2D eigenvalue weighted by Crippen LogP contribution is 2.10. The molecule has 2 rings (SSSR count). The third-order valence-electron chi connectivity index (χ3n) is 3.23. The summed E-state index contributed by atoms with van der Waals surface area (Å²) in [4.78, 5) is 11.7. The maximum Gasteiger partial charge on any atom is 0.220 e. The van der Waals surface area contributed by atoms with E-state index in [0.29, 0.717) is 12.8 Å². The molecule has 0 aliphatic heterocycles. The number of aliphatic hydroxyl groups is 1. The molecule has 2 aromatic rings. The quantitative estimate of drug-likeness (QED) is 0.858. The second-order valence-corrected chi connectivity index (χ2v) is 4.86. The highest BCUT2D eigenvalue weighted by Gasteiger charge is 2.09. The summed E-state index contributed by atoms with van der Waals surface area (Å²) in [7, 11) is 0. The Hall–Kier alpha value is -2.20. The first kappa shape index (κ1) is 15.2. The molecule has 110 valence electrons. The molecule has 0 saturated heterocycles. The zero-order valence-corrected chi connectivity index (χ0v) is 11.6. The molecule has 4 heteroatoms. The van der Waals surface area contributed by atoms with Gasteiger partial charge in [0.05, 0.1) is 6.10 Å². The lowest BCUT2D eigenvalue weighted by Gasteiger charge is -2.12. The van der Waals surface area contributed by atoms with Gasteiger partial charge in [-0.05, 0) is 29.7 Å². The van der Waals surface area contributed by atoms with E-state index in [4.69, 9.17) is 0 Å². The predicted molar refractivity (Wildman–Crippen MR) is 79.1 cm³/mol. The number of amides is 1. The van der Waals surface area contributed by atoms with E-state index in [1.54, 1.807) is 12.1 Å². The van der Waals surface area contributed by atoms with Gasteiger partial charge < -0.3 is 10.4 Å². The molecule has 0 aliphatic rings. The van der Waals surface area contributed by atoms with Crippen molar-refractivity contribution in [3.05, 3.63) is 71.5 Å². The molecular weight excluding hydrogens is 269 g/mol. The van der Waals surface area contributed by atoms with Gasteiger partial charge in [0, 0.05) is 13.0 Å². The molecule has 0 aliphatic carbocycles. The lowest BCUT2D eigenvalue weighted by molar-refractivity contribution is -0.121. The number of carbonyl (C=O) groups excluding carboxylic acids is 1. The number of aliphatic hydroxyl groups excluding tert-OH is 1. The van der Waals surface area contributed by atoms with Crippen molar-refractivity contribution in [3.63, 3.8) is 0 Å². The summed E-state index contributed by atoms with van der Waals surface area (Å²) in [6, 6.07) is 15.3. The zero-order valence-electron chi connectivity index (χ0n) is 11.6. The maximum atomic E-state index is 12.7. The summed E-state index contributed by atoms with van der Waals surface area (Å²) < 4.78 is 12.7. The molecule has 2 aromatic carbocycles. The van der Waals surface area contributed by atoms with Gasteiger partial charge >= 0.3 is 0 Å². The Balaban J connectivity index is 1.73. The van der Waals surface area contributed by atoms with Crippen LogP contribution in [0.3, 0.4) is 0 Å². The molecular formula is C17H18FNO2. The summed E-state index contributed by atoms with van der Waals surface area (Å²) in [6.07, 6.45) is 0.154. The van der Waals surface area contributed by atoms with Crippen LogP contribution in [-0.4, -0.2) is 17.6 Å². The van der Waals surface area contributed by atoms with Gasteiger partial charge in [0.1, 0.15) is 5.82 Å². The topological polar surface area (TPSA) is 49.3 Å². The van der Waals surface area contributed by atoms with Crippen molar-refractivity contribution in [1.82, 2.24) is 5.32 Å². The molecule has 1 amide bonds. The Kier molecular flexibility index (Phi) is 5.46. The highest BCUT2D eigenvalue weighted by atomic mass is 19.1. The van der Waals surface area contributed by atoms with Crippen molar-refractivity contribution in [3.8, 4) is 0 Å². The first-order valence-electron chi connectivity index (χ1n) is 6.89. The average Bonchev–Trinajstić information content (AvgIpc) is 2.53. The molecule has 21 heavy (non-hydrogen) atoms. The van der Waals surface area contributed by atoms with E-state index in [0.717, 1.165) is 11.1 Å². The molecule has 0 spiro atoms. The van der Waals surface area contributed by atoms with Gasteiger partial charge in [-0.3, -0.25) is 4.79 Å². The van der Waals surface area contributed by atoms with Crippen LogP contribution in [-0.2, 0) is 11.2 Å². The van der Waals surface area contributed by atoms with E-state index in [1.165, 1.54) is 12.1 Å². The number of aryl methyl sites for hydroxylation is 1. The Labute approximate surface area is 123 Å². The monoisotopic (exact) mass is 287 g/mol. The minimum absolute atomic E-state index is 0.130. The van der Waals surface area contributed by atoms with Crippen molar-refractivity contribution < 1.29 is 14.3 Å². The standard InChI is InChI=1S/C17H18FNO2/c18-15-9-6-13(7-10-15)8-11-17(21)19-12-16(20)14-4-2-1-3-5-14/h1-7,9-10,16,20H,8,11-12H2,(H,19,21). The van der Waals surface area contributed by atoms with Crippen LogP contribution < -0.4 is 5.32 Å².